The average molecular weight is 470 g/mol. The van der Waals surface area contributed by atoms with Gasteiger partial charge in [0, 0.05) is 25.7 Å². The Morgan fingerprint density at radius 2 is 2.00 bits per heavy atom. The second-order valence-electron chi connectivity index (χ2n) is 5.08. The highest BCUT2D eigenvalue weighted by Gasteiger charge is 2.14. The van der Waals surface area contributed by atoms with Gasteiger partial charge in [-0.1, -0.05) is 18.5 Å². The topological polar surface area (TPSA) is 63.2 Å². The van der Waals surface area contributed by atoms with Gasteiger partial charge in [-0.25, -0.2) is 0 Å². The van der Waals surface area contributed by atoms with Gasteiger partial charge in [-0.2, -0.15) is 0 Å². The highest BCUT2D eigenvalue weighted by molar-refractivity contribution is 14.0. The van der Waals surface area contributed by atoms with E-state index in [1.54, 1.807) is 26.1 Å². The van der Waals surface area contributed by atoms with Crippen molar-refractivity contribution < 1.29 is 14.3 Å². The quantitative estimate of drug-likeness (QED) is 0.288. The number of ether oxygens (including phenoxy) is 2. The number of methoxy groups -OCH3 is 1. The average Bonchev–Trinajstić information content (AvgIpc) is 2.56. The number of hydrogen-bond donors (Lipinski definition) is 1. The van der Waals surface area contributed by atoms with Gasteiger partial charge < -0.3 is 19.7 Å². The molecule has 0 saturated carbocycles. The number of nitrogens with zero attached hydrogens (tertiary/aromatic N) is 2. The predicted molar refractivity (Wildman–Crippen MR) is 108 cm³/mol. The minimum atomic E-state index is -0.248. The van der Waals surface area contributed by atoms with Gasteiger partial charge in [-0.05, 0) is 24.3 Å². The minimum absolute atomic E-state index is 0. The van der Waals surface area contributed by atoms with Crippen molar-refractivity contribution in [1.29, 1.82) is 0 Å². The molecule has 1 N–H and O–H groups in total. The van der Waals surface area contributed by atoms with Crippen LogP contribution >= 0.6 is 35.6 Å². The van der Waals surface area contributed by atoms with E-state index in [-0.39, 0.29) is 35.9 Å². The molecule has 0 aliphatic rings. The van der Waals surface area contributed by atoms with Crippen LogP contribution in [0.1, 0.15) is 6.92 Å². The maximum atomic E-state index is 11.4. The number of nitrogens with one attached hydrogen (secondary N) is 1. The fraction of sp³-hybridized carbons (Fsp3) is 0.500. The second-order valence-corrected chi connectivity index (χ2v) is 5.51. The summed E-state index contributed by atoms with van der Waals surface area (Å²) >= 11 is 5.83. The van der Waals surface area contributed by atoms with Crippen LogP contribution in [-0.4, -0.2) is 57.7 Å². The van der Waals surface area contributed by atoms with Crippen LogP contribution in [0.5, 0.6) is 5.75 Å². The lowest BCUT2D eigenvalue weighted by molar-refractivity contribution is -0.144. The molecular weight excluding hydrogens is 445 g/mol. The number of likely N-dealkylation sites (N-methyl/N-ethyl adjacent to an activating group) is 1. The van der Waals surface area contributed by atoms with Crippen molar-refractivity contribution in [2.75, 3.05) is 40.9 Å². The number of esters is 1. The summed E-state index contributed by atoms with van der Waals surface area (Å²) in [4.78, 5) is 17.5. The number of benzene rings is 1. The maximum absolute atomic E-state index is 11.4. The van der Waals surface area contributed by atoms with Crippen LogP contribution in [0.4, 0.5) is 0 Å². The van der Waals surface area contributed by atoms with Crippen LogP contribution in [0, 0.1) is 5.92 Å². The zero-order chi connectivity index (χ0) is 17.2. The highest BCUT2D eigenvalue weighted by Crippen LogP contribution is 2.15. The van der Waals surface area contributed by atoms with Gasteiger partial charge in [-0.3, -0.25) is 9.79 Å². The summed E-state index contributed by atoms with van der Waals surface area (Å²) in [5.74, 6) is 0.975. The van der Waals surface area contributed by atoms with Crippen LogP contribution in [0.15, 0.2) is 29.3 Å². The molecule has 0 bridgehead atoms. The van der Waals surface area contributed by atoms with Gasteiger partial charge in [0.2, 0.25) is 0 Å². The van der Waals surface area contributed by atoms with Crippen molar-refractivity contribution in [3.8, 4) is 5.75 Å². The number of aliphatic imine (C=N–C) groups is 1. The fourth-order valence-electron chi connectivity index (χ4n) is 1.85. The summed E-state index contributed by atoms with van der Waals surface area (Å²) in [7, 11) is 4.99. The largest absolute Gasteiger partial charge is 0.492 e. The van der Waals surface area contributed by atoms with Crippen LogP contribution < -0.4 is 10.1 Å². The Kier molecular flexibility index (Phi) is 11.6. The highest BCUT2D eigenvalue weighted by atomic mass is 127. The molecule has 0 saturated heterocycles. The first kappa shape index (κ1) is 22.8. The van der Waals surface area contributed by atoms with Gasteiger partial charge >= 0.3 is 5.97 Å². The zero-order valence-corrected chi connectivity index (χ0v) is 17.5. The number of carbonyl (C=O) groups excluding carboxylic acids is 1. The minimum Gasteiger partial charge on any atom is -0.492 e. The molecule has 0 aliphatic carbocycles. The third-order valence-corrected chi connectivity index (χ3v) is 3.50. The Morgan fingerprint density at radius 3 is 2.54 bits per heavy atom. The Balaban J connectivity index is 0.00000529. The Morgan fingerprint density at radius 1 is 1.38 bits per heavy atom. The molecule has 0 aromatic heterocycles. The van der Waals surface area contributed by atoms with Crippen molar-refractivity contribution in [3.05, 3.63) is 29.3 Å². The van der Waals surface area contributed by atoms with E-state index in [0.717, 1.165) is 5.75 Å². The van der Waals surface area contributed by atoms with Crippen molar-refractivity contribution in [1.82, 2.24) is 10.2 Å². The first-order valence-electron chi connectivity index (χ1n) is 7.36. The molecular formula is C16H25ClIN3O3. The summed E-state index contributed by atoms with van der Waals surface area (Å²) in [6.45, 7) is 3.41. The molecule has 0 fully saturated rings. The van der Waals surface area contributed by atoms with E-state index in [1.807, 2.05) is 24.1 Å². The third-order valence-electron chi connectivity index (χ3n) is 3.25. The van der Waals surface area contributed by atoms with Gasteiger partial charge in [0.25, 0.3) is 0 Å². The molecule has 1 aromatic rings. The Bertz CT molecular complexity index is 526. The van der Waals surface area contributed by atoms with E-state index in [4.69, 9.17) is 21.1 Å². The lowest BCUT2D eigenvalue weighted by Crippen LogP contribution is -2.43. The smallest absolute Gasteiger partial charge is 0.310 e. The van der Waals surface area contributed by atoms with E-state index < -0.39 is 0 Å². The first-order valence-corrected chi connectivity index (χ1v) is 7.73. The summed E-state index contributed by atoms with van der Waals surface area (Å²) in [6.07, 6.45) is 0. The lowest BCUT2D eigenvalue weighted by Gasteiger charge is -2.23. The van der Waals surface area contributed by atoms with E-state index >= 15 is 0 Å². The SMILES string of the molecule is CN=C(NCC(C)C(=O)OC)N(C)CCOc1ccc(Cl)cc1.I. The molecule has 8 heteroatoms. The van der Waals surface area contributed by atoms with E-state index in [9.17, 15) is 4.79 Å². The van der Waals surface area contributed by atoms with Crippen LogP contribution in [0.3, 0.4) is 0 Å². The molecule has 6 nitrogen and oxygen atoms in total. The van der Waals surface area contributed by atoms with Crippen LogP contribution in [-0.2, 0) is 9.53 Å². The molecule has 0 amide bonds. The molecule has 0 aliphatic heterocycles. The maximum Gasteiger partial charge on any atom is 0.310 e. The van der Waals surface area contributed by atoms with Gasteiger partial charge in [0.15, 0.2) is 5.96 Å². The summed E-state index contributed by atoms with van der Waals surface area (Å²) < 4.78 is 10.3. The predicted octanol–water partition coefficient (Wildman–Crippen LogP) is 2.65. The lowest BCUT2D eigenvalue weighted by atomic mass is 10.2. The number of carbonyl (C=O) groups is 1. The van der Waals surface area contributed by atoms with E-state index in [1.165, 1.54) is 7.11 Å². The van der Waals surface area contributed by atoms with Crippen LogP contribution in [0.25, 0.3) is 0 Å². The molecule has 0 spiro atoms. The number of hydrogen-bond acceptors (Lipinski definition) is 4. The molecule has 136 valence electrons. The second kappa shape index (κ2) is 12.2. The summed E-state index contributed by atoms with van der Waals surface area (Å²) in [5.41, 5.74) is 0. The monoisotopic (exact) mass is 469 g/mol. The molecule has 1 aromatic carbocycles. The first-order chi connectivity index (χ1) is 11.0. The van der Waals surface area contributed by atoms with Crippen molar-refractivity contribution in [2.24, 2.45) is 10.9 Å². The zero-order valence-electron chi connectivity index (χ0n) is 14.4. The molecule has 1 atom stereocenters. The molecule has 1 rings (SSSR count). The van der Waals surface area contributed by atoms with Crippen LogP contribution in [0.2, 0.25) is 5.02 Å². The number of halogens is 2. The third kappa shape index (κ3) is 8.05. The van der Waals surface area contributed by atoms with Gasteiger partial charge in [0.05, 0.1) is 19.6 Å². The van der Waals surface area contributed by atoms with Crippen molar-refractivity contribution in [2.45, 2.75) is 6.92 Å². The van der Waals surface area contributed by atoms with E-state index in [2.05, 4.69) is 10.3 Å². The van der Waals surface area contributed by atoms with Gasteiger partial charge in [0.1, 0.15) is 12.4 Å². The van der Waals surface area contributed by atoms with Gasteiger partial charge in [-0.15, -0.1) is 24.0 Å². The van der Waals surface area contributed by atoms with Crippen molar-refractivity contribution in [3.63, 3.8) is 0 Å². The van der Waals surface area contributed by atoms with Crippen molar-refractivity contribution >= 4 is 47.5 Å². The summed E-state index contributed by atoms with van der Waals surface area (Å²) in [6, 6.07) is 7.23. The normalized spacial score (nSPS) is 12.0. The molecule has 0 heterocycles. The number of guanidine groups is 1. The Hall–Kier alpha value is -1.22. The fourth-order valence-corrected chi connectivity index (χ4v) is 1.98. The molecule has 1 unspecified atom stereocenters. The Labute approximate surface area is 165 Å². The van der Waals surface area contributed by atoms with E-state index in [0.29, 0.717) is 30.7 Å². The molecule has 0 radical (unpaired) electrons. The molecule has 24 heavy (non-hydrogen) atoms. The number of rotatable bonds is 7. The standard InChI is InChI=1S/C16H24ClN3O3.HI/c1-12(15(21)22-4)11-19-16(18-2)20(3)9-10-23-14-7-5-13(17)6-8-14;/h5-8,12H,9-11H2,1-4H3,(H,18,19);1H. The summed E-state index contributed by atoms with van der Waals surface area (Å²) in [5, 5.41) is 3.82.